The molecule has 1 atom stereocenters. The fourth-order valence-corrected chi connectivity index (χ4v) is 4.95. The van der Waals surface area contributed by atoms with Gasteiger partial charge < -0.3 is 19.6 Å². The number of aliphatic hydroxyl groups excluding tert-OH is 1. The summed E-state index contributed by atoms with van der Waals surface area (Å²) in [6.07, 6.45) is 0. The number of carbonyl (C=O) groups excluding carboxylic acids is 2. The SMILES string of the molecule is CCN(CC)CCN1C(=O)C(=O)/C(=C(/O)c2ccc(OCc3cccc(C)c3)cc2)[C@@H]1c1cccc(Cl)c1. The van der Waals surface area contributed by atoms with Crippen LogP contribution < -0.4 is 4.74 Å². The highest BCUT2D eigenvalue weighted by Crippen LogP contribution is 2.40. The first kappa shape index (κ1) is 27.4. The van der Waals surface area contributed by atoms with Gasteiger partial charge in [-0.3, -0.25) is 9.59 Å². The highest BCUT2D eigenvalue weighted by atomic mass is 35.5. The molecule has 0 aromatic heterocycles. The Morgan fingerprint density at radius 3 is 2.37 bits per heavy atom. The summed E-state index contributed by atoms with van der Waals surface area (Å²) in [5.41, 5.74) is 3.39. The first-order chi connectivity index (χ1) is 18.3. The van der Waals surface area contributed by atoms with Gasteiger partial charge in [-0.15, -0.1) is 0 Å². The maximum Gasteiger partial charge on any atom is 0.295 e. The van der Waals surface area contributed by atoms with Gasteiger partial charge in [-0.05, 0) is 67.5 Å². The Hall–Kier alpha value is -3.61. The molecule has 1 aliphatic rings. The molecule has 4 rings (SSSR count). The first-order valence-corrected chi connectivity index (χ1v) is 13.2. The third kappa shape index (κ3) is 6.09. The van der Waals surface area contributed by atoms with E-state index in [1.807, 2.05) is 31.2 Å². The van der Waals surface area contributed by atoms with Crippen LogP contribution in [0.1, 0.15) is 42.1 Å². The highest BCUT2D eigenvalue weighted by Gasteiger charge is 2.46. The Kier molecular flexibility index (Phi) is 8.87. The third-order valence-corrected chi connectivity index (χ3v) is 7.11. The minimum absolute atomic E-state index is 0.0604. The van der Waals surface area contributed by atoms with Crippen molar-refractivity contribution < 1.29 is 19.4 Å². The van der Waals surface area contributed by atoms with Gasteiger partial charge in [0.2, 0.25) is 0 Å². The van der Waals surface area contributed by atoms with Crippen LogP contribution in [0.4, 0.5) is 0 Å². The summed E-state index contributed by atoms with van der Waals surface area (Å²) >= 11 is 6.27. The van der Waals surface area contributed by atoms with Crippen molar-refractivity contribution in [3.05, 3.63) is 106 Å². The summed E-state index contributed by atoms with van der Waals surface area (Å²) in [6.45, 7) is 9.20. The van der Waals surface area contributed by atoms with Crippen molar-refractivity contribution in [2.24, 2.45) is 0 Å². The quantitative estimate of drug-likeness (QED) is 0.197. The van der Waals surface area contributed by atoms with Crippen molar-refractivity contribution in [1.29, 1.82) is 0 Å². The number of ketones is 1. The molecule has 1 heterocycles. The predicted octanol–water partition coefficient (Wildman–Crippen LogP) is 5.99. The third-order valence-electron chi connectivity index (χ3n) is 6.87. The molecule has 198 valence electrons. The molecule has 0 bridgehead atoms. The van der Waals surface area contributed by atoms with Gasteiger partial charge in [0.05, 0.1) is 11.6 Å². The number of benzene rings is 3. The lowest BCUT2D eigenvalue weighted by molar-refractivity contribution is -0.140. The molecule has 3 aromatic rings. The molecule has 0 unspecified atom stereocenters. The van der Waals surface area contributed by atoms with Crippen LogP contribution in [-0.4, -0.2) is 52.8 Å². The van der Waals surface area contributed by atoms with Crippen LogP contribution in [-0.2, 0) is 16.2 Å². The van der Waals surface area contributed by atoms with E-state index in [9.17, 15) is 14.7 Å². The molecule has 1 aliphatic heterocycles. The number of rotatable bonds is 10. The van der Waals surface area contributed by atoms with Crippen molar-refractivity contribution in [2.75, 3.05) is 26.2 Å². The number of likely N-dealkylation sites (N-methyl/N-ethyl adjacent to an activating group) is 1. The van der Waals surface area contributed by atoms with E-state index in [0.717, 1.165) is 24.2 Å². The molecule has 1 fully saturated rings. The van der Waals surface area contributed by atoms with Gasteiger partial charge in [0.15, 0.2) is 0 Å². The van der Waals surface area contributed by atoms with Gasteiger partial charge in [0.25, 0.3) is 11.7 Å². The Labute approximate surface area is 229 Å². The van der Waals surface area contributed by atoms with Crippen molar-refractivity contribution in [3.63, 3.8) is 0 Å². The number of aryl methyl sites for hydroxylation is 1. The van der Waals surface area contributed by atoms with E-state index in [1.165, 1.54) is 4.90 Å². The zero-order chi connectivity index (χ0) is 27.2. The molecular formula is C31H33ClN2O4. The average Bonchev–Trinajstić information content (AvgIpc) is 3.17. The minimum Gasteiger partial charge on any atom is -0.507 e. The van der Waals surface area contributed by atoms with E-state index in [4.69, 9.17) is 16.3 Å². The summed E-state index contributed by atoms with van der Waals surface area (Å²) in [6, 6.07) is 21.3. The van der Waals surface area contributed by atoms with E-state index in [-0.39, 0.29) is 11.3 Å². The summed E-state index contributed by atoms with van der Waals surface area (Å²) in [5.74, 6) is -0.911. The molecule has 0 radical (unpaired) electrons. The summed E-state index contributed by atoms with van der Waals surface area (Å²) < 4.78 is 5.90. The van der Waals surface area contributed by atoms with Crippen LogP contribution in [0, 0.1) is 6.92 Å². The normalized spacial score (nSPS) is 16.9. The lowest BCUT2D eigenvalue weighted by Gasteiger charge is -2.28. The number of hydrogen-bond acceptors (Lipinski definition) is 5. The smallest absolute Gasteiger partial charge is 0.295 e. The molecule has 1 N–H and O–H groups in total. The second-order valence-electron chi connectivity index (χ2n) is 9.38. The number of hydrogen-bond donors (Lipinski definition) is 1. The van der Waals surface area contributed by atoms with E-state index in [2.05, 4.69) is 24.8 Å². The van der Waals surface area contributed by atoms with Gasteiger partial charge in [-0.1, -0.05) is 67.4 Å². The minimum atomic E-state index is -0.735. The standard InChI is InChI=1S/C31H33ClN2O4/c1-4-33(5-2)16-17-34-28(24-10-7-11-25(32)19-24)27(30(36)31(34)37)29(35)23-12-14-26(15-13-23)38-20-22-9-6-8-21(3)18-22/h6-15,18-19,28,35H,4-5,16-17,20H2,1-3H3/b29-27+/t28-/m0/s1. The maximum absolute atomic E-state index is 13.3. The van der Waals surface area contributed by atoms with E-state index in [1.54, 1.807) is 42.5 Å². The fraction of sp³-hybridized carbons (Fsp3) is 0.290. The van der Waals surface area contributed by atoms with E-state index < -0.39 is 17.7 Å². The van der Waals surface area contributed by atoms with Crippen LogP contribution >= 0.6 is 11.6 Å². The monoisotopic (exact) mass is 532 g/mol. The second kappa shape index (κ2) is 12.3. The lowest BCUT2D eigenvalue weighted by atomic mass is 9.95. The first-order valence-electron chi connectivity index (χ1n) is 12.9. The molecule has 0 aliphatic carbocycles. The molecule has 3 aromatic carbocycles. The molecule has 7 heteroatoms. The number of Topliss-reactive ketones (excluding diaryl/α,β-unsaturated/α-hetero) is 1. The van der Waals surface area contributed by atoms with Gasteiger partial charge in [0, 0.05) is 23.7 Å². The van der Waals surface area contributed by atoms with E-state index in [0.29, 0.717) is 41.6 Å². The number of nitrogens with zero attached hydrogens (tertiary/aromatic N) is 2. The molecule has 1 amide bonds. The average molecular weight is 533 g/mol. The number of halogens is 1. The molecule has 0 spiro atoms. The van der Waals surface area contributed by atoms with Gasteiger partial charge in [0.1, 0.15) is 18.1 Å². The lowest BCUT2D eigenvalue weighted by Crippen LogP contribution is -2.38. The highest BCUT2D eigenvalue weighted by molar-refractivity contribution is 6.46. The predicted molar refractivity (Wildman–Crippen MR) is 150 cm³/mol. The molecular weight excluding hydrogens is 500 g/mol. The van der Waals surface area contributed by atoms with Crippen LogP contribution in [0.15, 0.2) is 78.4 Å². The number of aliphatic hydroxyl groups is 1. The number of likely N-dealkylation sites (tertiary alicyclic amines) is 1. The van der Waals surface area contributed by atoms with Gasteiger partial charge >= 0.3 is 0 Å². The van der Waals surface area contributed by atoms with Crippen LogP contribution in [0.25, 0.3) is 5.76 Å². The number of amides is 1. The second-order valence-corrected chi connectivity index (χ2v) is 9.81. The maximum atomic E-state index is 13.3. The molecule has 6 nitrogen and oxygen atoms in total. The Bertz CT molecular complexity index is 1330. The fourth-order valence-electron chi connectivity index (χ4n) is 4.76. The zero-order valence-electron chi connectivity index (χ0n) is 22.0. The van der Waals surface area contributed by atoms with Crippen molar-refractivity contribution >= 4 is 29.1 Å². The summed E-state index contributed by atoms with van der Waals surface area (Å²) in [5, 5.41) is 11.8. The van der Waals surface area contributed by atoms with Crippen molar-refractivity contribution in [1.82, 2.24) is 9.80 Å². The number of ether oxygens (including phenoxy) is 1. The van der Waals surface area contributed by atoms with Crippen LogP contribution in [0.3, 0.4) is 0 Å². The number of carbonyl (C=O) groups is 2. The summed E-state index contributed by atoms with van der Waals surface area (Å²) in [7, 11) is 0. The molecule has 0 saturated carbocycles. The van der Waals surface area contributed by atoms with Crippen molar-refractivity contribution in [3.8, 4) is 5.75 Å². The largest absolute Gasteiger partial charge is 0.507 e. The summed E-state index contributed by atoms with van der Waals surface area (Å²) in [4.78, 5) is 30.1. The Morgan fingerprint density at radius 1 is 1.00 bits per heavy atom. The molecule has 1 saturated heterocycles. The zero-order valence-corrected chi connectivity index (χ0v) is 22.7. The van der Waals surface area contributed by atoms with E-state index >= 15 is 0 Å². The van der Waals surface area contributed by atoms with Crippen LogP contribution in [0.5, 0.6) is 5.75 Å². The Balaban J connectivity index is 1.64. The van der Waals surface area contributed by atoms with Crippen LogP contribution in [0.2, 0.25) is 5.02 Å². The van der Waals surface area contributed by atoms with Gasteiger partial charge in [-0.2, -0.15) is 0 Å². The van der Waals surface area contributed by atoms with Gasteiger partial charge in [-0.25, -0.2) is 0 Å². The Morgan fingerprint density at radius 2 is 1.71 bits per heavy atom. The topological polar surface area (TPSA) is 70.1 Å². The molecule has 38 heavy (non-hydrogen) atoms. The van der Waals surface area contributed by atoms with Crippen molar-refractivity contribution in [2.45, 2.75) is 33.4 Å².